The molecule has 0 unspecified atom stereocenters. The van der Waals surface area contributed by atoms with Gasteiger partial charge in [-0.15, -0.1) is 18.1 Å². The molecule has 0 fully saturated rings. The van der Waals surface area contributed by atoms with Crippen molar-refractivity contribution in [3.05, 3.63) is 29.5 Å². The maximum Gasteiger partial charge on any atom is 0.0411 e. The molecule has 0 saturated heterocycles. The van der Waals surface area contributed by atoms with E-state index in [0.717, 1.165) is 11.3 Å². The molecule has 0 bridgehead atoms. The van der Waals surface area contributed by atoms with E-state index < -0.39 is 0 Å². The number of aliphatic imine (C=N–C) groups is 1. The van der Waals surface area contributed by atoms with Gasteiger partial charge in [0, 0.05) is 24.8 Å². The van der Waals surface area contributed by atoms with Gasteiger partial charge in [-0.05, 0) is 31.1 Å². The molecule has 15 heavy (non-hydrogen) atoms. The van der Waals surface area contributed by atoms with Crippen LogP contribution in [-0.2, 0) is 0 Å². The van der Waals surface area contributed by atoms with E-state index >= 15 is 0 Å². The average Bonchev–Trinajstić information content (AvgIpc) is 2.21. The van der Waals surface area contributed by atoms with Gasteiger partial charge < -0.3 is 0 Å². The second-order valence-electron chi connectivity index (χ2n) is 3.66. The van der Waals surface area contributed by atoms with Crippen LogP contribution >= 0.6 is 0 Å². The Kier molecular flexibility index (Phi) is 7.06. The van der Waals surface area contributed by atoms with Crippen LogP contribution in [0, 0.1) is 18.3 Å². The Morgan fingerprint density at radius 2 is 2.07 bits per heavy atom. The molecule has 0 radical (unpaired) electrons. The first-order valence-corrected chi connectivity index (χ1v) is 5.10. The molecule has 0 aromatic carbocycles. The van der Waals surface area contributed by atoms with Gasteiger partial charge >= 0.3 is 0 Å². The Labute approximate surface area is 93.3 Å². The minimum atomic E-state index is 0.493. The Bertz CT molecular complexity index is 342. The Hall–Kier alpha value is -1.51. The van der Waals surface area contributed by atoms with Crippen molar-refractivity contribution in [2.45, 2.75) is 27.2 Å². The summed E-state index contributed by atoms with van der Waals surface area (Å²) in [4.78, 5) is 4.04. The van der Waals surface area contributed by atoms with Gasteiger partial charge in [-0.1, -0.05) is 13.8 Å². The van der Waals surface area contributed by atoms with E-state index in [-0.39, 0.29) is 0 Å². The summed E-state index contributed by atoms with van der Waals surface area (Å²) in [5, 5.41) is 0. The summed E-state index contributed by atoms with van der Waals surface area (Å²) >= 11 is 0. The fraction of sp³-hybridized carbons (Fsp3) is 0.429. The standard InChI is InChI=1S/C14H19N/c1-6-7-14(10-8-12(2)3)11-9-13(4)15-5/h1,8-9,11-12H,7H2,2-5H3/b11-9+,15-13?. The van der Waals surface area contributed by atoms with Gasteiger partial charge in [0.05, 0.1) is 0 Å². The second kappa shape index (κ2) is 7.85. The largest absolute Gasteiger partial charge is 0.293 e. The van der Waals surface area contributed by atoms with Crippen molar-refractivity contribution in [3.63, 3.8) is 0 Å². The van der Waals surface area contributed by atoms with Gasteiger partial charge in [-0.25, -0.2) is 0 Å². The zero-order valence-corrected chi connectivity index (χ0v) is 10.0. The van der Waals surface area contributed by atoms with Crippen LogP contribution in [-0.4, -0.2) is 12.8 Å². The topological polar surface area (TPSA) is 12.4 Å². The van der Waals surface area contributed by atoms with E-state index in [1.807, 2.05) is 25.2 Å². The number of hydrogen-bond donors (Lipinski definition) is 0. The Morgan fingerprint density at radius 3 is 2.53 bits per heavy atom. The monoisotopic (exact) mass is 201 g/mol. The summed E-state index contributed by atoms with van der Waals surface area (Å²) in [7, 11) is 1.77. The molecular weight excluding hydrogens is 182 g/mol. The van der Waals surface area contributed by atoms with Gasteiger partial charge in [0.1, 0.15) is 0 Å². The first kappa shape index (κ1) is 13.5. The van der Waals surface area contributed by atoms with Crippen LogP contribution < -0.4 is 0 Å². The van der Waals surface area contributed by atoms with Gasteiger partial charge in [-0.3, -0.25) is 4.99 Å². The van der Waals surface area contributed by atoms with E-state index in [4.69, 9.17) is 6.42 Å². The van der Waals surface area contributed by atoms with Crippen LogP contribution in [0.5, 0.6) is 0 Å². The molecule has 1 nitrogen and oxygen atoms in total. The van der Waals surface area contributed by atoms with Crippen LogP contribution in [0.15, 0.2) is 34.5 Å². The van der Waals surface area contributed by atoms with Gasteiger partial charge in [-0.2, -0.15) is 0 Å². The lowest BCUT2D eigenvalue weighted by Gasteiger charge is -1.93. The van der Waals surface area contributed by atoms with Crippen LogP contribution in [0.2, 0.25) is 0 Å². The van der Waals surface area contributed by atoms with E-state index in [1.165, 1.54) is 0 Å². The molecule has 0 aliphatic heterocycles. The second-order valence-corrected chi connectivity index (χ2v) is 3.66. The van der Waals surface area contributed by atoms with Gasteiger partial charge in [0.15, 0.2) is 0 Å². The summed E-state index contributed by atoms with van der Waals surface area (Å²) in [5.74, 6) is 3.12. The highest BCUT2D eigenvalue weighted by molar-refractivity contribution is 5.93. The molecule has 0 saturated carbocycles. The normalized spacial score (nSPS) is 11.3. The summed E-state index contributed by atoms with van der Waals surface area (Å²) in [6.45, 7) is 6.18. The summed E-state index contributed by atoms with van der Waals surface area (Å²) in [5.41, 5.74) is 5.21. The van der Waals surface area contributed by atoms with E-state index in [1.54, 1.807) is 7.05 Å². The summed E-state index contributed by atoms with van der Waals surface area (Å²) in [6, 6.07) is 0. The molecule has 0 atom stereocenters. The highest BCUT2D eigenvalue weighted by Crippen LogP contribution is 2.02. The predicted molar refractivity (Wildman–Crippen MR) is 68.1 cm³/mol. The lowest BCUT2D eigenvalue weighted by atomic mass is 10.1. The molecule has 0 heterocycles. The highest BCUT2D eigenvalue weighted by atomic mass is 14.7. The van der Waals surface area contributed by atoms with E-state index in [0.29, 0.717) is 12.3 Å². The zero-order valence-electron chi connectivity index (χ0n) is 10.0. The van der Waals surface area contributed by atoms with E-state index in [9.17, 15) is 0 Å². The maximum atomic E-state index is 5.29. The van der Waals surface area contributed by atoms with Crippen molar-refractivity contribution in [1.82, 2.24) is 0 Å². The minimum Gasteiger partial charge on any atom is -0.293 e. The van der Waals surface area contributed by atoms with Crippen molar-refractivity contribution in [3.8, 4) is 12.3 Å². The van der Waals surface area contributed by atoms with Crippen LogP contribution in [0.1, 0.15) is 27.2 Å². The summed E-state index contributed by atoms with van der Waals surface area (Å²) < 4.78 is 0. The molecule has 1 heteroatoms. The van der Waals surface area contributed by atoms with Crippen LogP contribution in [0.3, 0.4) is 0 Å². The molecule has 0 aromatic rings. The SMILES string of the molecule is C#CCC(=C=CC(C)C)/C=C/C(C)=NC. The molecule has 0 spiro atoms. The van der Waals surface area contributed by atoms with Crippen molar-refractivity contribution in [2.75, 3.05) is 7.05 Å². The molecule has 0 aliphatic carbocycles. The first-order valence-electron chi connectivity index (χ1n) is 5.10. The number of hydrogen-bond acceptors (Lipinski definition) is 1. The number of nitrogens with zero attached hydrogens (tertiary/aromatic N) is 1. The molecule has 0 aromatic heterocycles. The zero-order chi connectivity index (χ0) is 11.7. The average molecular weight is 201 g/mol. The quantitative estimate of drug-likeness (QED) is 0.286. The highest BCUT2D eigenvalue weighted by Gasteiger charge is 1.89. The smallest absolute Gasteiger partial charge is 0.0411 e. The third-order valence-corrected chi connectivity index (χ3v) is 1.77. The third kappa shape index (κ3) is 7.55. The fourth-order valence-corrected chi connectivity index (χ4v) is 0.837. The molecule has 0 rings (SSSR count). The Morgan fingerprint density at radius 1 is 1.40 bits per heavy atom. The van der Waals surface area contributed by atoms with Crippen molar-refractivity contribution in [2.24, 2.45) is 10.9 Å². The van der Waals surface area contributed by atoms with Crippen molar-refractivity contribution < 1.29 is 0 Å². The fourth-order valence-electron chi connectivity index (χ4n) is 0.837. The Balaban J connectivity index is 4.78. The minimum absolute atomic E-state index is 0.493. The molecule has 80 valence electrons. The maximum absolute atomic E-state index is 5.29. The van der Waals surface area contributed by atoms with Crippen LogP contribution in [0.4, 0.5) is 0 Å². The van der Waals surface area contributed by atoms with E-state index in [2.05, 4.69) is 30.5 Å². The van der Waals surface area contributed by atoms with Crippen molar-refractivity contribution >= 4 is 5.71 Å². The van der Waals surface area contributed by atoms with Crippen molar-refractivity contribution in [1.29, 1.82) is 0 Å². The molecule has 0 amide bonds. The lowest BCUT2D eigenvalue weighted by Crippen LogP contribution is -1.84. The lowest BCUT2D eigenvalue weighted by molar-refractivity contribution is 0.832. The predicted octanol–water partition coefficient (Wildman–Crippen LogP) is 3.39. The van der Waals surface area contributed by atoms with Gasteiger partial charge in [0.2, 0.25) is 0 Å². The number of allylic oxidation sites excluding steroid dienone is 3. The first-order chi connectivity index (χ1) is 7.10. The number of terminal acetylenes is 1. The molecule has 0 aliphatic rings. The van der Waals surface area contributed by atoms with Crippen LogP contribution in [0.25, 0.3) is 0 Å². The number of rotatable bonds is 4. The molecular formula is C14H19N. The molecule has 0 N–H and O–H groups in total. The van der Waals surface area contributed by atoms with Gasteiger partial charge in [0.25, 0.3) is 0 Å². The summed E-state index contributed by atoms with van der Waals surface area (Å²) in [6.07, 6.45) is 11.8. The third-order valence-electron chi connectivity index (χ3n) is 1.77.